The van der Waals surface area contributed by atoms with Crippen LogP contribution in [0.15, 0.2) is 24.3 Å². The first-order valence-corrected chi connectivity index (χ1v) is 6.49. The molecule has 1 fully saturated rings. The summed E-state index contributed by atoms with van der Waals surface area (Å²) in [6.07, 6.45) is 1.58. The number of ether oxygens (including phenoxy) is 1. The van der Waals surface area contributed by atoms with Gasteiger partial charge in [-0.15, -0.1) is 0 Å². The van der Waals surface area contributed by atoms with E-state index >= 15 is 0 Å². The van der Waals surface area contributed by atoms with E-state index in [1.807, 2.05) is 6.07 Å². The number of carbonyl (C=O) groups excluding carboxylic acids is 1. The number of hydrogen-bond acceptors (Lipinski definition) is 3. The van der Waals surface area contributed by atoms with Crippen molar-refractivity contribution in [3.63, 3.8) is 0 Å². The van der Waals surface area contributed by atoms with E-state index in [0.29, 0.717) is 19.7 Å². The van der Waals surface area contributed by atoms with Crippen LogP contribution in [0.1, 0.15) is 24.6 Å². The fourth-order valence-electron chi connectivity index (χ4n) is 2.30. The van der Waals surface area contributed by atoms with Gasteiger partial charge in [0.2, 0.25) is 5.91 Å². The highest BCUT2D eigenvalue weighted by Gasteiger charge is 2.30. The summed E-state index contributed by atoms with van der Waals surface area (Å²) in [4.78, 5) is 13.6. The number of amides is 1. The molecule has 1 heterocycles. The summed E-state index contributed by atoms with van der Waals surface area (Å²) in [6.45, 7) is 1.67. The van der Waals surface area contributed by atoms with Crippen molar-refractivity contribution in [2.45, 2.75) is 19.0 Å². The van der Waals surface area contributed by atoms with Crippen LogP contribution >= 0.6 is 0 Å². The van der Waals surface area contributed by atoms with Crippen LogP contribution in [0, 0.1) is 5.82 Å². The van der Waals surface area contributed by atoms with Gasteiger partial charge in [0.25, 0.3) is 0 Å². The molecule has 1 N–H and O–H groups in total. The maximum atomic E-state index is 13.2. The summed E-state index contributed by atoms with van der Waals surface area (Å²) in [6, 6.07) is 6.38. The molecule has 5 heteroatoms. The molecule has 0 aromatic heterocycles. The molecular weight excluding hydrogens is 247 g/mol. The van der Waals surface area contributed by atoms with Crippen LogP contribution in [-0.4, -0.2) is 37.6 Å². The highest BCUT2D eigenvalue weighted by Crippen LogP contribution is 2.23. The maximum Gasteiger partial charge on any atom is 0.238 e. The number of methoxy groups -OCH3 is 1. The zero-order valence-electron chi connectivity index (χ0n) is 11.1. The van der Waals surface area contributed by atoms with Crippen molar-refractivity contribution in [2.75, 3.05) is 26.8 Å². The Morgan fingerprint density at radius 1 is 1.47 bits per heavy atom. The predicted octanol–water partition coefficient (Wildman–Crippen LogP) is 1.68. The van der Waals surface area contributed by atoms with Gasteiger partial charge in [0, 0.05) is 20.3 Å². The van der Waals surface area contributed by atoms with Gasteiger partial charge in [-0.25, -0.2) is 4.39 Å². The zero-order valence-corrected chi connectivity index (χ0v) is 11.1. The number of unbranched alkanes of at least 4 members (excludes halogenated alkanes) is 1. The third-order valence-corrected chi connectivity index (χ3v) is 3.24. The lowest BCUT2D eigenvalue weighted by atomic mass is 10.1. The Bertz CT molecular complexity index is 439. The van der Waals surface area contributed by atoms with Crippen LogP contribution in [0.4, 0.5) is 4.39 Å². The smallest absolute Gasteiger partial charge is 0.238 e. The Morgan fingerprint density at radius 3 is 3.05 bits per heavy atom. The number of benzene rings is 1. The molecule has 0 saturated carbocycles. The molecule has 0 spiro atoms. The van der Waals surface area contributed by atoms with E-state index in [4.69, 9.17) is 4.74 Å². The van der Waals surface area contributed by atoms with Gasteiger partial charge in [0.15, 0.2) is 0 Å². The van der Waals surface area contributed by atoms with Crippen LogP contribution in [0.5, 0.6) is 0 Å². The highest BCUT2D eigenvalue weighted by atomic mass is 19.1. The number of halogens is 1. The van der Waals surface area contributed by atoms with Crippen LogP contribution < -0.4 is 5.32 Å². The van der Waals surface area contributed by atoms with Gasteiger partial charge in [-0.2, -0.15) is 0 Å². The van der Waals surface area contributed by atoms with Crippen molar-refractivity contribution in [3.8, 4) is 0 Å². The molecule has 4 nitrogen and oxygen atoms in total. The third kappa shape index (κ3) is 3.52. The molecule has 104 valence electrons. The van der Waals surface area contributed by atoms with Gasteiger partial charge in [-0.05, 0) is 30.5 Å². The van der Waals surface area contributed by atoms with E-state index < -0.39 is 0 Å². The van der Waals surface area contributed by atoms with E-state index in [1.54, 1.807) is 18.1 Å². The summed E-state index contributed by atoms with van der Waals surface area (Å²) >= 11 is 0. The zero-order chi connectivity index (χ0) is 13.7. The summed E-state index contributed by atoms with van der Waals surface area (Å²) in [5, 5.41) is 3.12. The molecule has 1 saturated heterocycles. The second-order valence-corrected chi connectivity index (χ2v) is 4.63. The molecular formula is C14H19FN2O2. The van der Waals surface area contributed by atoms with E-state index in [0.717, 1.165) is 18.4 Å². The average molecular weight is 266 g/mol. The lowest BCUT2D eigenvalue weighted by Gasteiger charge is -2.24. The van der Waals surface area contributed by atoms with E-state index in [9.17, 15) is 9.18 Å². The Morgan fingerprint density at radius 2 is 2.32 bits per heavy atom. The van der Waals surface area contributed by atoms with Crippen LogP contribution in [0.3, 0.4) is 0 Å². The Hall–Kier alpha value is -1.46. The number of rotatable bonds is 6. The number of hydrogen-bond donors (Lipinski definition) is 1. The van der Waals surface area contributed by atoms with Crippen LogP contribution in [-0.2, 0) is 9.53 Å². The average Bonchev–Trinajstić information content (AvgIpc) is 2.76. The van der Waals surface area contributed by atoms with Gasteiger partial charge in [-0.3, -0.25) is 10.1 Å². The molecule has 0 radical (unpaired) electrons. The predicted molar refractivity (Wildman–Crippen MR) is 70.0 cm³/mol. The topological polar surface area (TPSA) is 41.6 Å². The lowest BCUT2D eigenvalue weighted by molar-refractivity contribution is -0.128. The van der Waals surface area contributed by atoms with Crippen LogP contribution in [0.25, 0.3) is 0 Å². The Balaban J connectivity index is 2.00. The fraction of sp³-hybridized carbons (Fsp3) is 0.500. The molecule has 1 aliphatic rings. The molecule has 1 aliphatic heterocycles. The Kier molecular flexibility index (Phi) is 4.87. The minimum Gasteiger partial charge on any atom is -0.385 e. The van der Waals surface area contributed by atoms with Crippen molar-refractivity contribution in [2.24, 2.45) is 0 Å². The maximum absolute atomic E-state index is 13.2. The minimum absolute atomic E-state index is 0.0617. The SMILES string of the molecule is COCCCCN1C(=O)CNC1c1cccc(F)c1. The summed E-state index contributed by atoms with van der Waals surface area (Å²) < 4.78 is 18.2. The van der Waals surface area contributed by atoms with Gasteiger partial charge in [0.05, 0.1) is 6.54 Å². The second kappa shape index (κ2) is 6.63. The van der Waals surface area contributed by atoms with Crippen molar-refractivity contribution in [1.82, 2.24) is 10.2 Å². The largest absolute Gasteiger partial charge is 0.385 e. The Labute approximate surface area is 112 Å². The van der Waals surface area contributed by atoms with Gasteiger partial charge in [-0.1, -0.05) is 12.1 Å². The first-order valence-electron chi connectivity index (χ1n) is 6.49. The minimum atomic E-state index is -0.280. The van der Waals surface area contributed by atoms with Crippen molar-refractivity contribution < 1.29 is 13.9 Å². The van der Waals surface area contributed by atoms with Gasteiger partial charge in [0.1, 0.15) is 12.0 Å². The second-order valence-electron chi connectivity index (χ2n) is 4.63. The first-order chi connectivity index (χ1) is 9.22. The molecule has 1 aromatic rings. The normalized spacial score (nSPS) is 19.2. The van der Waals surface area contributed by atoms with Gasteiger partial charge >= 0.3 is 0 Å². The molecule has 1 aromatic carbocycles. The molecule has 1 unspecified atom stereocenters. The van der Waals surface area contributed by atoms with E-state index in [-0.39, 0.29) is 17.9 Å². The van der Waals surface area contributed by atoms with Crippen molar-refractivity contribution >= 4 is 5.91 Å². The standard InChI is InChI=1S/C14H19FN2O2/c1-19-8-3-2-7-17-13(18)10-16-14(17)11-5-4-6-12(15)9-11/h4-6,9,14,16H,2-3,7-8,10H2,1H3. The molecule has 0 bridgehead atoms. The van der Waals surface area contributed by atoms with E-state index in [2.05, 4.69) is 5.32 Å². The monoisotopic (exact) mass is 266 g/mol. The van der Waals surface area contributed by atoms with E-state index in [1.165, 1.54) is 12.1 Å². The first kappa shape index (κ1) is 14.0. The molecule has 2 rings (SSSR count). The number of nitrogens with one attached hydrogen (secondary N) is 1. The lowest BCUT2D eigenvalue weighted by Crippen LogP contribution is -2.31. The third-order valence-electron chi connectivity index (χ3n) is 3.24. The summed E-state index contributed by atoms with van der Waals surface area (Å²) in [5.41, 5.74) is 0.789. The van der Waals surface area contributed by atoms with Crippen molar-refractivity contribution in [1.29, 1.82) is 0 Å². The van der Waals surface area contributed by atoms with Crippen LogP contribution in [0.2, 0.25) is 0 Å². The molecule has 1 amide bonds. The van der Waals surface area contributed by atoms with Crippen molar-refractivity contribution in [3.05, 3.63) is 35.6 Å². The number of carbonyl (C=O) groups is 1. The number of nitrogens with zero attached hydrogens (tertiary/aromatic N) is 1. The molecule has 19 heavy (non-hydrogen) atoms. The fourth-order valence-corrected chi connectivity index (χ4v) is 2.30. The quantitative estimate of drug-likeness (QED) is 0.797. The van der Waals surface area contributed by atoms with Gasteiger partial charge < -0.3 is 9.64 Å². The summed E-state index contributed by atoms with van der Waals surface area (Å²) in [5.74, 6) is -0.218. The highest BCUT2D eigenvalue weighted by molar-refractivity contribution is 5.80. The molecule has 0 aliphatic carbocycles. The summed E-state index contributed by atoms with van der Waals surface area (Å²) in [7, 11) is 1.66. The molecule has 1 atom stereocenters.